The maximum atomic E-state index is 12.9. The van der Waals surface area contributed by atoms with E-state index in [1.807, 2.05) is 17.0 Å². The third kappa shape index (κ3) is 3.91. The summed E-state index contributed by atoms with van der Waals surface area (Å²) in [5.74, 6) is 1.08. The molecule has 2 heterocycles. The van der Waals surface area contributed by atoms with E-state index in [9.17, 15) is 4.79 Å². The van der Waals surface area contributed by atoms with Crippen molar-refractivity contribution in [3.8, 4) is 5.75 Å². The topological polar surface area (TPSA) is 32.8 Å². The first-order chi connectivity index (χ1) is 13.6. The molecule has 0 spiro atoms. The number of carbonyl (C=O) groups excluding carboxylic acids is 1. The van der Waals surface area contributed by atoms with Crippen molar-refractivity contribution in [1.29, 1.82) is 0 Å². The number of nitrogens with zero attached hydrogens (tertiary/aromatic N) is 2. The normalized spacial score (nSPS) is 16.4. The largest absolute Gasteiger partial charge is 0.497 e. The van der Waals surface area contributed by atoms with Crippen molar-refractivity contribution in [2.24, 2.45) is 0 Å². The number of benzene rings is 2. The quantitative estimate of drug-likeness (QED) is 0.792. The molecule has 1 amide bonds. The average molecular weight is 377 g/mol. The maximum Gasteiger partial charge on any atom is 0.242 e. The summed E-state index contributed by atoms with van der Waals surface area (Å²) < 4.78 is 5.29. The third-order valence-corrected chi connectivity index (χ3v) is 5.72. The van der Waals surface area contributed by atoms with Crippen LogP contribution < -0.4 is 9.64 Å². The van der Waals surface area contributed by atoms with Gasteiger partial charge in [0.05, 0.1) is 7.11 Å². The smallest absolute Gasteiger partial charge is 0.242 e. The van der Waals surface area contributed by atoms with Crippen LogP contribution in [0.15, 0.2) is 48.7 Å². The second kappa shape index (κ2) is 8.09. The van der Waals surface area contributed by atoms with Gasteiger partial charge in [-0.15, -0.1) is 0 Å². The Morgan fingerprint density at radius 1 is 1.04 bits per heavy atom. The van der Waals surface area contributed by atoms with Crippen molar-refractivity contribution in [2.45, 2.75) is 32.6 Å². The van der Waals surface area contributed by atoms with Gasteiger partial charge in [-0.2, -0.15) is 0 Å². The molecule has 0 saturated carbocycles. The zero-order chi connectivity index (χ0) is 19.5. The highest BCUT2D eigenvalue weighted by molar-refractivity contribution is 5.86. The molecule has 1 fully saturated rings. The van der Waals surface area contributed by atoms with Crippen LogP contribution in [0.3, 0.4) is 0 Å². The van der Waals surface area contributed by atoms with Crippen molar-refractivity contribution >= 4 is 17.2 Å². The highest BCUT2D eigenvalue weighted by Crippen LogP contribution is 2.34. The van der Waals surface area contributed by atoms with Gasteiger partial charge in [0.1, 0.15) is 12.3 Å². The minimum atomic E-state index is 0.222. The van der Waals surface area contributed by atoms with Gasteiger partial charge in [-0.1, -0.05) is 24.3 Å². The summed E-state index contributed by atoms with van der Waals surface area (Å²) >= 11 is 0. The van der Waals surface area contributed by atoms with Gasteiger partial charge in [0, 0.05) is 31.4 Å². The number of rotatable bonds is 4. The number of hydrogen-bond acceptors (Lipinski definition) is 3. The average Bonchev–Trinajstić information content (AvgIpc) is 2.74. The number of anilines is 1. The summed E-state index contributed by atoms with van der Waals surface area (Å²) in [5, 5.41) is 0. The lowest BCUT2D eigenvalue weighted by Crippen LogP contribution is -2.42. The van der Waals surface area contributed by atoms with Crippen LogP contribution in [0.4, 0.5) is 5.69 Å². The zero-order valence-electron chi connectivity index (χ0n) is 16.8. The van der Waals surface area contributed by atoms with E-state index in [-0.39, 0.29) is 5.91 Å². The molecule has 4 heteroatoms. The summed E-state index contributed by atoms with van der Waals surface area (Å²) in [6.07, 6.45) is 6.50. The van der Waals surface area contributed by atoms with Crippen LogP contribution in [0.2, 0.25) is 0 Å². The molecule has 28 heavy (non-hydrogen) atoms. The van der Waals surface area contributed by atoms with Crippen molar-refractivity contribution in [3.05, 3.63) is 65.4 Å². The predicted octanol–water partition coefficient (Wildman–Crippen LogP) is 4.42. The van der Waals surface area contributed by atoms with Crippen molar-refractivity contribution < 1.29 is 9.53 Å². The van der Waals surface area contributed by atoms with Gasteiger partial charge in [-0.25, -0.2) is 0 Å². The van der Waals surface area contributed by atoms with Crippen molar-refractivity contribution in [1.82, 2.24) is 4.90 Å². The number of aryl methyl sites for hydroxylation is 1. The van der Waals surface area contributed by atoms with E-state index in [1.54, 1.807) is 7.11 Å². The first kappa shape index (κ1) is 18.6. The van der Waals surface area contributed by atoms with Gasteiger partial charge >= 0.3 is 0 Å². The van der Waals surface area contributed by atoms with Gasteiger partial charge in [-0.3, -0.25) is 4.79 Å². The Balaban J connectivity index is 1.63. The molecule has 146 valence electrons. The molecule has 2 aromatic rings. The Kier molecular flexibility index (Phi) is 5.38. The molecule has 4 rings (SSSR count). The van der Waals surface area contributed by atoms with Gasteiger partial charge < -0.3 is 14.5 Å². The van der Waals surface area contributed by atoms with Crippen LogP contribution >= 0.6 is 0 Å². The molecule has 0 N–H and O–H groups in total. The summed E-state index contributed by atoms with van der Waals surface area (Å²) in [7, 11) is 1.68. The lowest BCUT2D eigenvalue weighted by molar-refractivity contribution is -0.130. The summed E-state index contributed by atoms with van der Waals surface area (Å²) in [6.45, 7) is 4.29. The van der Waals surface area contributed by atoms with E-state index >= 15 is 0 Å². The SMILES string of the molecule is COc1ccc(C2=CN(CC(=O)N3CCCCC3)c3cc(C)ccc3C2)cc1. The molecular weight excluding hydrogens is 348 g/mol. The minimum absolute atomic E-state index is 0.222. The minimum Gasteiger partial charge on any atom is -0.497 e. The number of carbonyl (C=O) groups is 1. The first-order valence-corrected chi connectivity index (χ1v) is 10.1. The zero-order valence-corrected chi connectivity index (χ0v) is 16.8. The standard InChI is InChI=1S/C24H28N2O2/c1-18-6-7-20-15-21(19-8-10-22(28-2)11-9-19)16-26(23(20)14-18)17-24(27)25-12-4-3-5-13-25/h6-11,14,16H,3-5,12-13,15,17H2,1-2H3. The fourth-order valence-electron chi connectivity index (χ4n) is 4.10. The first-order valence-electron chi connectivity index (χ1n) is 10.1. The number of amides is 1. The fourth-order valence-corrected chi connectivity index (χ4v) is 4.10. The molecule has 0 unspecified atom stereocenters. The molecule has 2 aliphatic heterocycles. The van der Waals surface area contributed by atoms with Gasteiger partial charge in [0.2, 0.25) is 5.91 Å². The molecule has 0 bridgehead atoms. The highest BCUT2D eigenvalue weighted by Gasteiger charge is 2.24. The Labute approximate surface area is 167 Å². The van der Waals surface area contributed by atoms with Crippen LogP contribution in [0.1, 0.15) is 36.0 Å². The molecule has 0 atom stereocenters. The number of piperidine rings is 1. The van der Waals surface area contributed by atoms with Crippen LogP contribution in [0.5, 0.6) is 5.75 Å². The van der Waals surface area contributed by atoms with E-state index in [2.05, 4.69) is 48.4 Å². The Morgan fingerprint density at radius 2 is 1.79 bits per heavy atom. The summed E-state index contributed by atoms with van der Waals surface area (Å²) in [5.41, 5.74) is 6.04. The lowest BCUT2D eigenvalue weighted by Gasteiger charge is -2.33. The van der Waals surface area contributed by atoms with Gasteiger partial charge in [-0.05, 0) is 66.6 Å². The van der Waals surface area contributed by atoms with Crippen molar-refractivity contribution in [2.75, 3.05) is 31.6 Å². The second-order valence-electron chi connectivity index (χ2n) is 7.76. The third-order valence-electron chi connectivity index (χ3n) is 5.72. The van der Waals surface area contributed by atoms with Crippen LogP contribution in [0.25, 0.3) is 5.57 Å². The number of fused-ring (bicyclic) bond motifs is 1. The number of hydrogen-bond donors (Lipinski definition) is 0. The van der Waals surface area contributed by atoms with E-state index < -0.39 is 0 Å². The summed E-state index contributed by atoms with van der Waals surface area (Å²) in [4.78, 5) is 17.1. The summed E-state index contributed by atoms with van der Waals surface area (Å²) in [6, 6.07) is 14.7. The Hall–Kier alpha value is -2.75. The van der Waals surface area contributed by atoms with E-state index in [0.29, 0.717) is 6.54 Å². The van der Waals surface area contributed by atoms with Gasteiger partial charge in [0.25, 0.3) is 0 Å². The van der Waals surface area contributed by atoms with Gasteiger partial charge in [0.15, 0.2) is 0 Å². The van der Waals surface area contributed by atoms with Crippen LogP contribution in [-0.4, -0.2) is 37.6 Å². The monoisotopic (exact) mass is 376 g/mol. The molecule has 0 aliphatic carbocycles. The number of allylic oxidation sites excluding steroid dienone is 1. The second-order valence-corrected chi connectivity index (χ2v) is 7.76. The van der Waals surface area contributed by atoms with E-state index in [1.165, 1.54) is 28.7 Å². The number of likely N-dealkylation sites (tertiary alicyclic amines) is 1. The molecule has 0 radical (unpaired) electrons. The fraction of sp³-hybridized carbons (Fsp3) is 0.375. The molecule has 1 saturated heterocycles. The molecule has 2 aromatic carbocycles. The Morgan fingerprint density at radius 3 is 2.50 bits per heavy atom. The predicted molar refractivity (Wildman–Crippen MR) is 114 cm³/mol. The molecule has 0 aromatic heterocycles. The van der Waals surface area contributed by atoms with Crippen LogP contribution in [0, 0.1) is 6.92 Å². The molecule has 2 aliphatic rings. The van der Waals surface area contributed by atoms with Crippen LogP contribution in [-0.2, 0) is 11.2 Å². The highest BCUT2D eigenvalue weighted by atomic mass is 16.5. The van der Waals surface area contributed by atoms with Crippen molar-refractivity contribution in [3.63, 3.8) is 0 Å². The lowest BCUT2D eigenvalue weighted by atomic mass is 9.93. The number of methoxy groups -OCH3 is 1. The van der Waals surface area contributed by atoms with E-state index in [0.717, 1.165) is 43.8 Å². The maximum absolute atomic E-state index is 12.9. The van der Waals surface area contributed by atoms with E-state index in [4.69, 9.17) is 4.74 Å². The molecule has 4 nitrogen and oxygen atoms in total. The molecular formula is C24H28N2O2. The number of ether oxygens (including phenoxy) is 1. The Bertz CT molecular complexity index is 880.